The second-order valence-corrected chi connectivity index (χ2v) is 4.54. The molecule has 6 heteroatoms. The molecule has 1 unspecified atom stereocenters. The predicted octanol–water partition coefficient (Wildman–Crippen LogP) is 2.43. The molecule has 4 nitrogen and oxygen atoms in total. The van der Waals surface area contributed by atoms with Crippen LogP contribution in [0.3, 0.4) is 0 Å². The molecule has 0 aliphatic heterocycles. The molecule has 2 N–H and O–H groups in total. The van der Waals surface area contributed by atoms with Gasteiger partial charge >= 0.3 is 5.97 Å². The van der Waals surface area contributed by atoms with Crippen LogP contribution in [0.1, 0.15) is 28.4 Å². The maximum Gasteiger partial charge on any atom is 0.337 e. The van der Waals surface area contributed by atoms with E-state index in [0.717, 1.165) is 0 Å². The van der Waals surface area contributed by atoms with Crippen molar-refractivity contribution < 1.29 is 19.8 Å². The summed E-state index contributed by atoms with van der Waals surface area (Å²) in [5.41, 5.74) is 0.365. The standard InChI is InChI=1S/C11H10BrClO4/c12-4-3-9(14)7-5-6(1-2-8(7)13)10(15)11(16)17/h1-2,5,10,15H,3-4H2,(H,16,17). The van der Waals surface area contributed by atoms with Crippen molar-refractivity contribution in [2.24, 2.45) is 0 Å². The highest BCUT2D eigenvalue weighted by Gasteiger charge is 2.19. The minimum atomic E-state index is -1.65. The van der Waals surface area contributed by atoms with Crippen molar-refractivity contribution in [2.45, 2.75) is 12.5 Å². The molecular weight excluding hydrogens is 311 g/mol. The average molecular weight is 322 g/mol. The normalized spacial score (nSPS) is 12.2. The van der Waals surface area contributed by atoms with Crippen LogP contribution in [0.4, 0.5) is 0 Å². The summed E-state index contributed by atoms with van der Waals surface area (Å²) in [5.74, 6) is -1.57. The Balaban J connectivity index is 3.10. The first-order valence-corrected chi connectivity index (χ1v) is 6.26. The molecule has 0 aliphatic carbocycles. The number of benzene rings is 1. The Morgan fingerprint density at radius 1 is 1.41 bits per heavy atom. The third-order valence-electron chi connectivity index (χ3n) is 2.16. The van der Waals surface area contributed by atoms with Crippen LogP contribution in [0, 0.1) is 0 Å². The minimum Gasteiger partial charge on any atom is -0.479 e. The zero-order chi connectivity index (χ0) is 13.0. The lowest BCUT2D eigenvalue weighted by atomic mass is 10.0. The molecular formula is C11H10BrClO4. The molecule has 0 heterocycles. The van der Waals surface area contributed by atoms with Gasteiger partial charge in [-0.2, -0.15) is 0 Å². The molecule has 1 aromatic rings. The maximum atomic E-state index is 11.7. The summed E-state index contributed by atoms with van der Waals surface area (Å²) in [6.07, 6.45) is -1.39. The monoisotopic (exact) mass is 320 g/mol. The Kier molecular flexibility index (Phi) is 5.11. The number of carbonyl (C=O) groups is 2. The Hall–Kier alpha value is -0.910. The number of halogens is 2. The van der Waals surface area contributed by atoms with Crippen LogP contribution in [0.25, 0.3) is 0 Å². The summed E-state index contributed by atoms with van der Waals surface area (Å²) in [6.45, 7) is 0. The zero-order valence-corrected chi connectivity index (χ0v) is 11.0. The molecule has 0 amide bonds. The van der Waals surface area contributed by atoms with Crippen molar-refractivity contribution >= 4 is 39.3 Å². The molecule has 0 aromatic heterocycles. The molecule has 0 spiro atoms. The molecule has 0 bridgehead atoms. The van der Waals surface area contributed by atoms with Gasteiger partial charge in [0.1, 0.15) is 0 Å². The SMILES string of the molecule is O=C(CCBr)c1cc(C(O)C(=O)O)ccc1Cl. The van der Waals surface area contributed by atoms with Gasteiger partial charge in [0.15, 0.2) is 11.9 Å². The van der Waals surface area contributed by atoms with Gasteiger partial charge in [0.2, 0.25) is 0 Å². The molecule has 0 saturated carbocycles. The largest absolute Gasteiger partial charge is 0.479 e. The van der Waals surface area contributed by atoms with Gasteiger partial charge in [0.25, 0.3) is 0 Å². The summed E-state index contributed by atoms with van der Waals surface area (Å²) < 4.78 is 0. The molecule has 1 aromatic carbocycles. The zero-order valence-electron chi connectivity index (χ0n) is 8.69. The highest BCUT2D eigenvalue weighted by atomic mass is 79.9. The number of carboxylic acid groups (broad SMARTS) is 1. The van der Waals surface area contributed by atoms with Crippen LogP contribution in [-0.2, 0) is 4.79 Å². The van der Waals surface area contributed by atoms with Gasteiger partial charge in [-0.05, 0) is 17.7 Å². The molecule has 0 aliphatic rings. The van der Waals surface area contributed by atoms with E-state index in [1.54, 1.807) is 0 Å². The quantitative estimate of drug-likeness (QED) is 0.645. The number of alkyl halides is 1. The number of Topliss-reactive ketones (excluding diaryl/α,β-unsaturated/α-hetero) is 1. The number of aliphatic hydroxyl groups is 1. The fourth-order valence-corrected chi connectivity index (χ4v) is 1.87. The Morgan fingerprint density at radius 3 is 2.59 bits per heavy atom. The highest BCUT2D eigenvalue weighted by molar-refractivity contribution is 9.09. The fourth-order valence-electron chi connectivity index (χ4n) is 1.29. The number of aliphatic carboxylic acids is 1. The maximum absolute atomic E-state index is 11.7. The first kappa shape index (κ1) is 14.2. The molecule has 17 heavy (non-hydrogen) atoms. The van der Waals surface area contributed by atoms with Gasteiger partial charge < -0.3 is 10.2 Å². The summed E-state index contributed by atoms with van der Waals surface area (Å²) in [4.78, 5) is 22.3. The van der Waals surface area contributed by atoms with Gasteiger partial charge in [-0.15, -0.1) is 0 Å². The van der Waals surface area contributed by atoms with Gasteiger partial charge in [-0.25, -0.2) is 4.79 Å². The smallest absolute Gasteiger partial charge is 0.337 e. The second kappa shape index (κ2) is 6.14. The van der Waals surface area contributed by atoms with Crippen molar-refractivity contribution in [3.05, 3.63) is 34.3 Å². The van der Waals surface area contributed by atoms with Crippen LogP contribution in [0.15, 0.2) is 18.2 Å². The molecule has 0 radical (unpaired) electrons. The van der Waals surface area contributed by atoms with Crippen LogP contribution >= 0.6 is 27.5 Å². The van der Waals surface area contributed by atoms with Crippen molar-refractivity contribution in [2.75, 3.05) is 5.33 Å². The average Bonchev–Trinajstić information content (AvgIpc) is 2.28. The molecule has 0 fully saturated rings. The summed E-state index contributed by atoms with van der Waals surface area (Å²) in [5, 5.41) is 18.8. The fraction of sp³-hybridized carbons (Fsp3) is 0.273. The van der Waals surface area contributed by atoms with Crippen molar-refractivity contribution in [1.29, 1.82) is 0 Å². The Morgan fingerprint density at radius 2 is 2.06 bits per heavy atom. The number of ketones is 1. The van der Waals surface area contributed by atoms with Gasteiger partial charge in [0, 0.05) is 17.3 Å². The van der Waals surface area contributed by atoms with E-state index in [-0.39, 0.29) is 28.4 Å². The lowest BCUT2D eigenvalue weighted by Gasteiger charge is -2.09. The number of aliphatic hydroxyl groups excluding tert-OH is 1. The first-order chi connectivity index (χ1) is 7.97. The van der Waals surface area contributed by atoms with Crippen molar-refractivity contribution in [3.63, 3.8) is 0 Å². The number of hydrogen-bond acceptors (Lipinski definition) is 3. The molecule has 92 valence electrons. The van der Waals surface area contributed by atoms with Gasteiger partial charge in [0.05, 0.1) is 5.02 Å². The van der Waals surface area contributed by atoms with E-state index in [1.807, 2.05) is 0 Å². The van der Waals surface area contributed by atoms with Gasteiger partial charge in [-0.3, -0.25) is 4.79 Å². The first-order valence-electron chi connectivity index (χ1n) is 4.77. The third kappa shape index (κ3) is 3.52. The van der Waals surface area contributed by atoms with E-state index in [0.29, 0.717) is 5.33 Å². The summed E-state index contributed by atoms with van der Waals surface area (Å²) >= 11 is 8.98. The highest BCUT2D eigenvalue weighted by Crippen LogP contribution is 2.23. The Labute approximate surface area is 111 Å². The van der Waals surface area contributed by atoms with E-state index >= 15 is 0 Å². The van der Waals surface area contributed by atoms with E-state index in [1.165, 1.54) is 18.2 Å². The van der Waals surface area contributed by atoms with Crippen LogP contribution in [0.2, 0.25) is 5.02 Å². The number of rotatable bonds is 5. The van der Waals surface area contributed by atoms with E-state index in [2.05, 4.69) is 15.9 Å². The third-order valence-corrected chi connectivity index (χ3v) is 2.89. The van der Waals surface area contributed by atoms with Crippen molar-refractivity contribution in [1.82, 2.24) is 0 Å². The summed E-state index contributed by atoms with van der Waals surface area (Å²) in [6, 6.07) is 4.10. The minimum absolute atomic E-state index is 0.139. The van der Waals surface area contributed by atoms with Crippen LogP contribution in [-0.4, -0.2) is 27.3 Å². The second-order valence-electron chi connectivity index (χ2n) is 3.34. The number of hydrogen-bond donors (Lipinski definition) is 2. The lowest BCUT2D eigenvalue weighted by molar-refractivity contribution is -0.146. The van der Waals surface area contributed by atoms with Gasteiger partial charge in [-0.1, -0.05) is 33.6 Å². The molecule has 1 rings (SSSR count). The number of carbonyl (C=O) groups excluding carboxylic acids is 1. The van der Waals surface area contributed by atoms with E-state index in [4.69, 9.17) is 16.7 Å². The number of carboxylic acids is 1. The summed E-state index contributed by atoms with van der Waals surface area (Å²) in [7, 11) is 0. The van der Waals surface area contributed by atoms with E-state index in [9.17, 15) is 14.7 Å². The topological polar surface area (TPSA) is 74.6 Å². The van der Waals surface area contributed by atoms with Crippen LogP contribution in [0.5, 0.6) is 0 Å². The molecule has 1 atom stereocenters. The lowest BCUT2D eigenvalue weighted by Crippen LogP contribution is -2.11. The van der Waals surface area contributed by atoms with E-state index < -0.39 is 12.1 Å². The Bertz CT molecular complexity index is 447. The van der Waals surface area contributed by atoms with Crippen molar-refractivity contribution in [3.8, 4) is 0 Å². The molecule has 0 saturated heterocycles. The van der Waals surface area contributed by atoms with Crippen LogP contribution < -0.4 is 0 Å². The predicted molar refractivity (Wildman–Crippen MR) is 66.8 cm³/mol.